The molecule has 0 aliphatic heterocycles. The third-order valence-corrected chi connectivity index (χ3v) is 2.60. The monoisotopic (exact) mass is 237 g/mol. The summed E-state index contributed by atoms with van der Waals surface area (Å²) >= 11 is 0. The Morgan fingerprint density at radius 3 is 2.71 bits per heavy atom. The largest absolute Gasteiger partial charge is 0.496 e. The van der Waals surface area contributed by atoms with E-state index in [9.17, 15) is 9.90 Å². The van der Waals surface area contributed by atoms with Gasteiger partial charge in [0.25, 0.3) is 0 Å². The van der Waals surface area contributed by atoms with Crippen LogP contribution >= 0.6 is 0 Å². The lowest BCUT2D eigenvalue weighted by atomic mass is 10.0. The molecule has 1 unspecified atom stereocenters. The molecule has 0 radical (unpaired) electrons. The van der Waals surface area contributed by atoms with Crippen LogP contribution in [0.5, 0.6) is 5.75 Å². The molecule has 0 amide bonds. The molecular weight excluding hydrogens is 218 g/mol. The second-order valence-electron chi connectivity index (χ2n) is 3.95. The van der Waals surface area contributed by atoms with Crippen LogP contribution in [0.2, 0.25) is 0 Å². The highest BCUT2D eigenvalue weighted by molar-refractivity contribution is 5.75. The Bertz CT molecular complexity index is 390. The molecule has 0 fully saturated rings. The van der Waals surface area contributed by atoms with Gasteiger partial charge in [0.05, 0.1) is 7.11 Å². The minimum absolute atomic E-state index is 0.653. The molecule has 94 valence electrons. The summed E-state index contributed by atoms with van der Waals surface area (Å²) in [4.78, 5) is 11.2. The average Bonchev–Trinajstić information content (AvgIpc) is 2.29. The number of hydrogen-bond acceptors (Lipinski definition) is 3. The van der Waals surface area contributed by atoms with E-state index in [1.165, 1.54) is 0 Å². The minimum Gasteiger partial charge on any atom is -0.496 e. The van der Waals surface area contributed by atoms with Crippen LogP contribution in [-0.4, -0.2) is 24.7 Å². The molecular formula is C13H19NO3. The number of aliphatic carboxylic acids is 1. The van der Waals surface area contributed by atoms with Gasteiger partial charge in [-0.3, -0.25) is 4.79 Å². The number of carboxylic acids is 1. The fraction of sp³-hybridized carbons (Fsp3) is 0.462. The number of nitrogens with one attached hydrogen (secondary N) is 1. The first-order valence-electron chi connectivity index (χ1n) is 5.70. The summed E-state index contributed by atoms with van der Waals surface area (Å²) in [7, 11) is 1.60. The lowest BCUT2D eigenvalue weighted by Gasteiger charge is -2.15. The van der Waals surface area contributed by atoms with Gasteiger partial charge in [0.2, 0.25) is 0 Å². The zero-order valence-electron chi connectivity index (χ0n) is 10.5. The van der Waals surface area contributed by atoms with E-state index in [2.05, 4.69) is 5.32 Å². The number of carbonyl (C=O) groups is 1. The summed E-state index contributed by atoms with van der Waals surface area (Å²) in [6.45, 7) is 4.59. The van der Waals surface area contributed by atoms with Gasteiger partial charge in [-0.15, -0.1) is 0 Å². The van der Waals surface area contributed by atoms with Crippen molar-refractivity contribution >= 4 is 5.97 Å². The van der Waals surface area contributed by atoms with E-state index in [0.717, 1.165) is 23.3 Å². The van der Waals surface area contributed by atoms with Crippen LogP contribution in [-0.2, 0) is 4.79 Å². The molecule has 0 saturated carbocycles. The van der Waals surface area contributed by atoms with Crippen molar-refractivity contribution in [1.82, 2.24) is 5.32 Å². The van der Waals surface area contributed by atoms with Gasteiger partial charge < -0.3 is 15.2 Å². The Morgan fingerprint density at radius 2 is 2.24 bits per heavy atom. The molecule has 2 N–H and O–H groups in total. The lowest BCUT2D eigenvalue weighted by Crippen LogP contribution is -2.29. The molecule has 0 aromatic heterocycles. The quantitative estimate of drug-likeness (QED) is 0.795. The van der Waals surface area contributed by atoms with E-state index in [1.54, 1.807) is 19.2 Å². The van der Waals surface area contributed by atoms with Crippen LogP contribution in [0, 0.1) is 6.92 Å². The van der Waals surface area contributed by atoms with Crippen molar-refractivity contribution in [2.75, 3.05) is 13.7 Å². The number of rotatable bonds is 6. The van der Waals surface area contributed by atoms with Crippen molar-refractivity contribution in [1.29, 1.82) is 0 Å². The second kappa shape index (κ2) is 6.25. The maximum absolute atomic E-state index is 11.2. The lowest BCUT2D eigenvalue weighted by molar-refractivity contribution is -0.139. The molecule has 17 heavy (non-hydrogen) atoms. The van der Waals surface area contributed by atoms with Gasteiger partial charge >= 0.3 is 5.97 Å². The third kappa shape index (κ3) is 3.46. The van der Waals surface area contributed by atoms with Crippen LogP contribution in [0.15, 0.2) is 18.2 Å². The first-order valence-corrected chi connectivity index (χ1v) is 5.70. The van der Waals surface area contributed by atoms with Crippen LogP contribution in [0.4, 0.5) is 0 Å². The van der Waals surface area contributed by atoms with Gasteiger partial charge in [-0.2, -0.15) is 0 Å². The Kier molecular flexibility index (Phi) is 4.97. The van der Waals surface area contributed by atoms with E-state index in [1.807, 2.05) is 19.9 Å². The summed E-state index contributed by atoms with van der Waals surface area (Å²) in [5.74, 6) is -0.0867. The van der Waals surface area contributed by atoms with Crippen LogP contribution in [0.3, 0.4) is 0 Å². The third-order valence-electron chi connectivity index (χ3n) is 2.60. The highest BCUT2D eigenvalue weighted by atomic mass is 16.5. The number of benzene rings is 1. The number of ether oxygens (including phenoxy) is 1. The Hall–Kier alpha value is -1.55. The van der Waals surface area contributed by atoms with Gasteiger partial charge in [0, 0.05) is 0 Å². The van der Waals surface area contributed by atoms with E-state index < -0.39 is 12.0 Å². The highest BCUT2D eigenvalue weighted by Crippen LogP contribution is 2.22. The van der Waals surface area contributed by atoms with E-state index in [0.29, 0.717) is 6.54 Å². The number of hydrogen-bond donors (Lipinski definition) is 2. The SMILES string of the molecule is CCCNC(C(=O)O)c1ccc(OC)c(C)c1. The summed E-state index contributed by atoms with van der Waals surface area (Å²) in [5, 5.41) is 12.2. The van der Waals surface area contributed by atoms with Crippen LogP contribution in [0.1, 0.15) is 30.5 Å². The maximum Gasteiger partial charge on any atom is 0.325 e. The summed E-state index contributed by atoms with van der Waals surface area (Å²) in [5.41, 5.74) is 1.69. The van der Waals surface area contributed by atoms with Gasteiger partial charge in [-0.05, 0) is 37.1 Å². The van der Waals surface area contributed by atoms with Gasteiger partial charge in [0.15, 0.2) is 0 Å². The average molecular weight is 237 g/mol. The summed E-state index contributed by atoms with van der Waals surface area (Å²) in [6, 6.07) is 4.78. The summed E-state index contributed by atoms with van der Waals surface area (Å²) in [6.07, 6.45) is 0.902. The second-order valence-corrected chi connectivity index (χ2v) is 3.95. The smallest absolute Gasteiger partial charge is 0.325 e. The molecule has 0 spiro atoms. The van der Waals surface area contributed by atoms with Gasteiger partial charge in [-0.1, -0.05) is 19.1 Å². The van der Waals surface area contributed by atoms with Crippen LogP contribution < -0.4 is 10.1 Å². The molecule has 0 saturated heterocycles. The molecule has 4 heteroatoms. The fourth-order valence-corrected chi connectivity index (χ4v) is 1.72. The van der Waals surface area contributed by atoms with E-state index >= 15 is 0 Å². The highest BCUT2D eigenvalue weighted by Gasteiger charge is 2.19. The summed E-state index contributed by atoms with van der Waals surface area (Å²) < 4.78 is 5.15. The van der Waals surface area contributed by atoms with Crippen molar-refractivity contribution in [2.24, 2.45) is 0 Å². The van der Waals surface area contributed by atoms with E-state index in [4.69, 9.17) is 4.74 Å². The zero-order valence-corrected chi connectivity index (χ0v) is 10.5. The first-order chi connectivity index (χ1) is 8.10. The predicted octanol–water partition coefficient (Wildman–Crippen LogP) is 2.13. The van der Waals surface area contributed by atoms with Crippen molar-refractivity contribution in [3.63, 3.8) is 0 Å². The van der Waals surface area contributed by atoms with Crippen molar-refractivity contribution < 1.29 is 14.6 Å². The normalized spacial score (nSPS) is 12.2. The Balaban J connectivity index is 2.94. The number of aryl methyl sites for hydroxylation is 1. The Labute approximate surface area is 102 Å². The van der Waals surface area contributed by atoms with Crippen molar-refractivity contribution in [3.8, 4) is 5.75 Å². The minimum atomic E-state index is -0.858. The van der Waals surface area contributed by atoms with Gasteiger partial charge in [0.1, 0.15) is 11.8 Å². The maximum atomic E-state index is 11.2. The standard InChI is InChI=1S/C13H19NO3/c1-4-7-14-12(13(15)16)10-5-6-11(17-3)9(2)8-10/h5-6,8,12,14H,4,7H2,1-3H3,(H,15,16). The molecule has 0 bridgehead atoms. The molecule has 4 nitrogen and oxygen atoms in total. The number of carboxylic acid groups (broad SMARTS) is 1. The molecule has 1 aromatic carbocycles. The first kappa shape index (κ1) is 13.5. The molecule has 0 aliphatic carbocycles. The van der Waals surface area contributed by atoms with Crippen LogP contribution in [0.25, 0.3) is 0 Å². The molecule has 1 aromatic rings. The molecule has 0 aliphatic rings. The molecule has 0 heterocycles. The number of methoxy groups -OCH3 is 1. The van der Waals surface area contributed by atoms with E-state index in [-0.39, 0.29) is 0 Å². The molecule has 1 rings (SSSR count). The fourth-order valence-electron chi connectivity index (χ4n) is 1.72. The predicted molar refractivity (Wildman–Crippen MR) is 66.4 cm³/mol. The molecule has 1 atom stereocenters. The Morgan fingerprint density at radius 1 is 1.53 bits per heavy atom. The zero-order chi connectivity index (χ0) is 12.8. The van der Waals surface area contributed by atoms with Crippen molar-refractivity contribution in [3.05, 3.63) is 29.3 Å². The van der Waals surface area contributed by atoms with Gasteiger partial charge in [-0.25, -0.2) is 0 Å². The van der Waals surface area contributed by atoms with Crippen molar-refractivity contribution in [2.45, 2.75) is 26.3 Å². The topological polar surface area (TPSA) is 58.6 Å².